The molecule has 10 nitrogen and oxygen atoms in total. The number of pyridine rings is 1. The lowest BCUT2D eigenvalue weighted by molar-refractivity contribution is -0.207. The molecule has 0 spiro atoms. The Hall–Kier alpha value is -4.93. The van der Waals surface area contributed by atoms with E-state index in [1.54, 1.807) is 0 Å². The van der Waals surface area contributed by atoms with Gasteiger partial charge in [0.1, 0.15) is 30.0 Å². The van der Waals surface area contributed by atoms with Gasteiger partial charge in [-0.25, -0.2) is 27.5 Å². The summed E-state index contributed by atoms with van der Waals surface area (Å²) in [6, 6.07) is 7.66. The normalized spacial score (nSPS) is 13.7. The van der Waals surface area contributed by atoms with Crippen molar-refractivity contribution in [3.8, 4) is 5.69 Å². The zero-order chi connectivity index (χ0) is 30.3. The van der Waals surface area contributed by atoms with Gasteiger partial charge in [-0.15, -0.1) is 5.10 Å². The van der Waals surface area contributed by atoms with E-state index in [1.807, 2.05) is 0 Å². The van der Waals surface area contributed by atoms with Crippen molar-refractivity contribution in [3.05, 3.63) is 118 Å². The van der Waals surface area contributed by atoms with Gasteiger partial charge in [0.2, 0.25) is 0 Å². The molecule has 1 unspecified atom stereocenters. The van der Waals surface area contributed by atoms with Gasteiger partial charge in [-0.2, -0.15) is 27.1 Å². The van der Waals surface area contributed by atoms with Gasteiger partial charge in [-0.1, -0.05) is 12.1 Å². The summed E-state index contributed by atoms with van der Waals surface area (Å²) < 4.78 is 101. The van der Waals surface area contributed by atoms with Crippen molar-refractivity contribution >= 4 is 0 Å². The first-order valence-electron chi connectivity index (χ1n) is 11.8. The van der Waals surface area contributed by atoms with E-state index < -0.39 is 58.4 Å². The number of alkyl halides is 5. The summed E-state index contributed by atoms with van der Waals surface area (Å²) in [6.45, 7) is -1.23. The monoisotopic (exact) mass is 594 g/mol. The van der Waals surface area contributed by atoms with Gasteiger partial charge in [0, 0.05) is 11.6 Å². The molecule has 42 heavy (non-hydrogen) atoms. The average Bonchev–Trinajstić information content (AvgIpc) is 3.58. The lowest BCUT2D eigenvalue weighted by Crippen LogP contribution is -2.48. The van der Waals surface area contributed by atoms with Crippen molar-refractivity contribution in [1.82, 2.24) is 39.5 Å². The van der Waals surface area contributed by atoms with Crippen LogP contribution in [0.15, 0.2) is 78.2 Å². The molecule has 218 valence electrons. The first-order chi connectivity index (χ1) is 19.8. The zero-order valence-corrected chi connectivity index (χ0v) is 20.9. The van der Waals surface area contributed by atoms with E-state index in [4.69, 9.17) is 0 Å². The van der Waals surface area contributed by atoms with Crippen LogP contribution in [0.2, 0.25) is 0 Å². The molecule has 0 saturated carbocycles. The zero-order valence-electron chi connectivity index (χ0n) is 20.9. The first-order valence-corrected chi connectivity index (χ1v) is 11.8. The molecule has 1 atom stereocenters. The summed E-state index contributed by atoms with van der Waals surface area (Å²) in [5.41, 5.74) is -6.61. The molecule has 0 radical (unpaired) electrons. The highest BCUT2D eigenvalue weighted by molar-refractivity contribution is 5.35. The van der Waals surface area contributed by atoms with E-state index in [-0.39, 0.29) is 12.2 Å². The van der Waals surface area contributed by atoms with Crippen LogP contribution in [-0.2, 0) is 30.8 Å². The molecule has 0 aliphatic carbocycles. The molecule has 0 aliphatic heterocycles. The van der Waals surface area contributed by atoms with Crippen LogP contribution in [0.1, 0.15) is 22.4 Å². The van der Waals surface area contributed by atoms with Gasteiger partial charge in [-0.05, 0) is 52.4 Å². The fourth-order valence-electron chi connectivity index (χ4n) is 4.19. The lowest BCUT2D eigenvalue weighted by atomic mass is 9.84. The molecule has 0 bridgehead atoms. The van der Waals surface area contributed by atoms with Gasteiger partial charge in [0.05, 0.1) is 30.5 Å². The van der Waals surface area contributed by atoms with Gasteiger partial charge in [-0.3, -0.25) is 4.98 Å². The molecule has 2 aromatic carbocycles. The summed E-state index contributed by atoms with van der Waals surface area (Å²) in [7, 11) is 0. The minimum absolute atomic E-state index is 0.0183. The molecule has 5 rings (SSSR count). The van der Waals surface area contributed by atoms with E-state index in [2.05, 4.69) is 25.6 Å². The molecular formula is C25H17F7N8O2. The standard InChI is InChI=1S/C25H17F7N8O2/c26-17-5-7-19(20(27)9-17)23(42,12-38-13-34-36-37-38)24(28,29)21-8-6-18(10-33-21)39-14-35-40(22(39)41)11-15-1-3-16(4-2-15)25(30,31)32/h1-10,13-14,42H,11-12H2. The molecule has 5 aromatic rings. The second-order valence-electron chi connectivity index (χ2n) is 9.10. The van der Waals surface area contributed by atoms with E-state index >= 15 is 8.78 Å². The molecule has 0 amide bonds. The Morgan fingerprint density at radius 1 is 0.905 bits per heavy atom. The Bertz CT molecular complexity index is 1750. The van der Waals surface area contributed by atoms with Crippen molar-refractivity contribution in [2.24, 2.45) is 0 Å². The number of hydrogen-bond acceptors (Lipinski definition) is 7. The van der Waals surface area contributed by atoms with Crippen LogP contribution in [0.5, 0.6) is 0 Å². The van der Waals surface area contributed by atoms with E-state index in [0.29, 0.717) is 23.8 Å². The Morgan fingerprint density at radius 3 is 2.24 bits per heavy atom. The topological polar surface area (TPSA) is 117 Å². The highest BCUT2D eigenvalue weighted by Crippen LogP contribution is 2.46. The summed E-state index contributed by atoms with van der Waals surface area (Å²) >= 11 is 0. The SMILES string of the molecule is O=c1n(-c2ccc(C(F)(F)C(O)(Cn3cnnn3)c3ccc(F)cc3F)nc2)cnn1Cc1ccc(C(F)(F)F)cc1. The molecule has 3 heterocycles. The first kappa shape index (κ1) is 28.6. The third-order valence-corrected chi connectivity index (χ3v) is 6.37. The second-order valence-corrected chi connectivity index (χ2v) is 9.10. The highest BCUT2D eigenvalue weighted by atomic mass is 19.4. The number of rotatable bonds is 8. The van der Waals surface area contributed by atoms with Gasteiger partial charge < -0.3 is 5.11 Å². The van der Waals surface area contributed by atoms with Crippen molar-refractivity contribution in [3.63, 3.8) is 0 Å². The fraction of sp³-hybridized carbons (Fsp3) is 0.200. The largest absolute Gasteiger partial charge is 0.416 e. The second kappa shape index (κ2) is 10.5. The number of tetrazole rings is 1. The van der Waals surface area contributed by atoms with E-state index in [1.165, 1.54) is 12.1 Å². The van der Waals surface area contributed by atoms with Crippen molar-refractivity contribution < 1.29 is 35.8 Å². The van der Waals surface area contributed by atoms with Gasteiger partial charge in [0.25, 0.3) is 0 Å². The third-order valence-electron chi connectivity index (χ3n) is 6.37. The molecular weight excluding hydrogens is 577 g/mol. The van der Waals surface area contributed by atoms with E-state index in [9.17, 15) is 31.9 Å². The van der Waals surface area contributed by atoms with Gasteiger partial charge >= 0.3 is 17.8 Å². The van der Waals surface area contributed by atoms with Crippen LogP contribution in [0.3, 0.4) is 0 Å². The maximum absolute atomic E-state index is 15.9. The van der Waals surface area contributed by atoms with Crippen LogP contribution in [0.25, 0.3) is 5.69 Å². The maximum atomic E-state index is 15.9. The Kier molecular flexibility index (Phi) is 7.13. The highest BCUT2D eigenvalue weighted by Gasteiger charge is 2.58. The summed E-state index contributed by atoms with van der Waals surface area (Å²) in [4.78, 5) is 16.5. The quantitative estimate of drug-likeness (QED) is 0.274. The van der Waals surface area contributed by atoms with Crippen LogP contribution in [-0.4, -0.2) is 44.6 Å². The molecule has 17 heteroatoms. The number of halogens is 7. The summed E-state index contributed by atoms with van der Waals surface area (Å²) in [5.74, 6) is -6.82. The molecule has 3 aromatic heterocycles. The molecule has 0 saturated heterocycles. The number of hydrogen-bond donors (Lipinski definition) is 1. The van der Waals surface area contributed by atoms with Crippen molar-refractivity contribution in [1.29, 1.82) is 0 Å². The number of nitrogens with zero attached hydrogens (tertiary/aromatic N) is 8. The number of benzene rings is 2. The molecule has 0 aliphatic rings. The van der Waals surface area contributed by atoms with Crippen LogP contribution in [0.4, 0.5) is 30.7 Å². The molecule has 1 N–H and O–H groups in total. The van der Waals surface area contributed by atoms with Crippen molar-refractivity contribution in [2.45, 2.75) is 30.8 Å². The Morgan fingerprint density at radius 2 is 1.64 bits per heavy atom. The van der Waals surface area contributed by atoms with Crippen molar-refractivity contribution in [2.75, 3.05) is 0 Å². The van der Waals surface area contributed by atoms with Crippen LogP contribution < -0.4 is 5.69 Å². The predicted molar refractivity (Wildman–Crippen MR) is 128 cm³/mol. The Balaban J connectivity index is 1.44. The van der Waals surface area contributed by atoms with Crippen LogP contribution >= 0.6 is 0 Å². The Labute approximate surface area is 230 Å². The maximum Gasteiger partial charge on any atom is 0.416 e. The molecule has 0 fully saturated rings. The number of aliphatic hydroxyl groups is 1. The lowest BCUT2D eigenvalue weighted by Gasteiger charge is -2.35. The number of aromatic nitrogens is 8. The van der Waals surface area contributed by atoms with Gasteiger partial charge in [0.15, 0.2) is 5.60 Å². The van der Waals surface area contributed by atoms with Crippen LogP contribution in [0, 0.1) is 11.6 Å². The average molecular weight is 594 g/mol. The predicted octanol–water partition coefficient (Wildman–Crippen LogP) is 3.44. The van der Waals surface area contributed by atoms with E-state index in [0.717, 1.165) is 57.0 Å². The third kappa shape index (κ3) is 5.25. The minimum Gasteiger partial charge on any atom is -0.377 e. The summed E-state index contributed by atoms with van der Waals surface area (Å²) in [5, 5.41) is 25.2. The smallest absolute Gasteiger partial charge is 0.377 e. The minimum atomic E-state index is -4.52. The summed E-state index contributed by atoms with van der Waals surface area (Å²) in [6.07, 6.45) is -1.67. The fourth-order valence-corrected chi connectivity index (χ4v) is 4.19.